The fourth-order valence-electron chi connectivity index (χ4n) is 5.03. The number of anilines is 1. The van der Waals surface area contributed by atoms with Crippen LogP contribution in [0.2, 0.25) is 0 Å². The van der Waals surface area contributed by atoms with Crippen LogP contribution in [0.25, 0.3) is 11.0 Å². The lowest BCUT2D eigenvalue weighted by atomic mass is 9.94. The zero-order chi connectivity index (χ0) is 20.9. The largest absolute Gasteiger partial charge is 0.356 e. The Morgan fingerprint density at radius 2 is 2.07 bits per heavy atom. The lowest BCUT2D eigenvalue weighted by molar-refractivity contribution is -0.125. The van der Waals surface area contributed by atoms with E-state index in [9.17, 15) is 4.79 Å². The fourth-order valence-corrected chi connectivity index (χ4v) is 5.03. The second-order valence-electron chi connectivity index (χ2n) is 9.28. The minimum Gasteiger partial charge on any atom is -0.356 e. The van der Waals surface area contributed by atoms with Gasteiger partial charge in [-0.2, -0.15) is 0 Å². The van der Waals surface area contributed by atoms with E-state index in [1.54, 1.807) is 0 Å². The fraction of sp³-hybridized carbons (Fsp3) is 0.667. The zero-order valence-corrected chi connectivity index (χ0v) is 18.6. The minimum absolute atomic E-state index is 0.0461. The van der Waals surface area contributed by atoms with Crippen molar-refractivity contribution in [3.63, 3.8) is 0 Å². The van der Waals surface area contributed by atoms with E-state index < -0.39 is 0 Å². The average Bonchev–Trinajstić information content (AvgIpc) is 3.20. The molecule has 1 saturated carbocycles. The van der Waals surface area contributed by atoms with Gasteiger partial charge in [0, 0.05) is 25.7 Å². The Kier molecular flexibility index (Phi) is 6.93. The van der Waals surface area contributed by atoms with Crippen LogP contribution in [0.5, 0.6) is 0 Å². The van der Waals surface area contributed by atoms with Gasteiger partial charge in [0.1, 0.15) is 0 Å². The Morgan fingerprint density at radius 1 is 1.23 bits per heavy atom. The van der Waals surface area contributed by atoms with Crippen molar-refractivity contribution in [3.8, 4) is 0 Å². The number of nitrogens with zero attached hydrogens (tertiary/aromatic N) is 3. The SMILES string of the molecule is Cc1ccc2nc(N3CCCC(C(=O)NCCCN(C)C4CCCCC4)C3)[nH]c2c1. The van der Waals surface area contributed by atoms with Gasteiger partial charge < -0.3 is 20.1 Å². The molecule has 1 aromatic carbocycles. The number of carbonyl (C=O) groups excluding carboxylic acids is 1. The number of benzene rings is 1. The van der Waals surface area contributed by atoms with Gasteiger partial charge in [0.2, 0.25) is 11.9 Å². The third-order valence-electron chi connectivity index (χ3n) is 6.90. The molecule has 0 bridgehead atoms. The van der Waals surface area contributed by atoms with Crippen molar-refractivity contribution >= 4 is 22.9 Å². The lowest BCUT2D eigenvalue weighted by Crippen LogP contribution is -2.44. The molecule has 30 heavy (non-hydrogen) atoms. The smallest absolute Gasteiger partial charge is 0.224 e. The molecule has 164 valence electrons. The Balaban J connectivity index is 1.24. The van der Waals surface area contributed by atoms with Gasteiger partial charge in [-0.3, -0.25) is 4.79 Å². The Morgan fingerprint density at radius 3 is 2.90 bits per heavy atom. The predicted molar refractivity (Wildman–Crippen MR) is 123 cm³/mol. The molecule has 1 aliphatic heterocycles. The van der Waals surface area contributed by atoms with E-state index >= 15 is 0 Å². The van der Waals surface area contributed by atoms with Crippen LogP contribution in [0.4, 0.5) is 5.95 Å². The van der Waals surface area contributed by atoms with Crippen LogP contribution >= 0.6 is 0 Å². The third-order valence-corrected chi connectivity index (χ3v) is 6.90. The molecule has 1 aromatic heterocycles. The highest BCUT2D eigenvalue weighted by atomic mass is 16.1. The van der Waals surface area contributed by atoms with Crippen LogP contribution in [0.15, 0.2) is 18.2 Å². The van der Waals surface area contributed by atoms with Crippen LogP contribution in [-0.4, -0.2) is 60.0 Å². The lowest BCUT2D eigenvalue weighted by Gasteiger charge is -2.32. The molecule has 2 aromatic rings. The molecule has 2 aliphatic rings. The van der Waals surface area contributed by atoms with Crippen molar-refractivity contribution in [1.29, 1.82) is 0 Å². The number of aromatic amines is 1. The number of piperidine rings is 1. The molecule has 0 radical (unpaired) electrons. The van der Waals surface area contributed by atoms with Crippen LogP contribution in [0.3, 0.4) is 0 Å². The van der Waals surface area contributed by atoms with Gasteiger partial charge in [-0.25, -0.2) is 4.98 Å². The second kappa shape index (κ2) is 9.82. The summed E-state index contributed by atoms with van der Waals surface area (Å²) in [5.41, 5.74) is 3.28. The Labute approximate surface area is 180 Å². The van der Waals surface area contributed by atoms with E-state index in [0.717, 1.165) is 68.5 Å². The molecule has 1 aliphatic carbocycles. The number of rotatable bonds is 7. The van der Waals surface area contributed by atoms with Gasteiger partial charge in [0.15, 0.2) is 0 Å². The maximum atomic E-state index is 12.8. The molecule has 6 nitrogen and oxygen atoms in total. The Bertz CT molecular complexity index is 841. The summed E-state index contributed by atoms with van der Waals surface area (Å²) in [5, 5.41) is 3.19. The minimum atomic E-state index is 0.0461. The number of fused-ring (bicyclic) bond motifs is 1. The number of hydrogen-bond acceptors (Lipinski definition) is 4. The standard InChI is InChI=1S/C24H37N5O/c1-18-11-12-21-22(16-18)27-24(26-21)29-15-6-8-19(17-29)23(30)25-13-7-14-28(2)20-9-4-3-5-10-20/h11-12,16,19-20H,3-10,13-15,17H2,1-2H3,(H,25,30)(H,26,27). The average molecular weight is 412 g/mol. The number of aryl methyl sites for hydroxylation is 1. The first kappa shape index (κ1) is 21.2. The highest BCUT2D eigenvalue weighted by molar-refractivity contribution is 5.80. The Hall–Kier alpha value is -2.08. The summed E-state index contributed by atoms with van der Waals surface area (Å²) in [6.07, 6.45) is 9.82. The molecule has 2 N–H and O–H groups in total. The summed E-state index contributed by atoms with van der Waals surface area (Å²) in [5.74, 6) is 1.14. The van der Waals surface area contributed by atoms with E-state index in [1.807, 2.05) is 0 Å². The third kappa shape index (κ3) is 5.15. The molecule has 0 spiro atoms. The second-order valence-corrected chi connectivity index (χ2v) is 9.28. The van der Waals surface area contributed by atoms with Crippen LogP contribution < -0.4 is 10.2 Å². The van der Waals surface area contributed by atoms with Gasteiger partial charge in [-0.05, 0) is 70.3 Å². The van der Waals surface area contributed by atoms with Crippen molar-refractivity contribution in [1.82, 2.24) is 20.2 Å². The summed E-state index contributed by atoms with van der Waals surface area (Å²) < 4.78 is 0. The van der Waals surface area contributed by atoms with E-state index in [4.69, 9.17) is 4.98 Å². The number of amides is 1. The van der Waals surface area contributed by atoms with Crippen molar-refractivity contribution in [3.05, 3.63) is 23.8 Å². The molecule has 1 amide bonds. The van der Waals surface area contributed by atoms with Crippen LogP contribution in [-0.2, 0) is 4.79 Å². The predicted octanol–water partition coefficient (Wildman–Crippen LogP) is 3.86. The molecule has 1 atom stereocenters. The molecule has 1 saturated heterocycles. The first-order chi connectivity index (χ1) is 14.6. The number of nitrogens with one attached hydrogen (secondary N) is 2. The summed E-state index contributed by atoms with van der Waals surface area (Å²) >= 11 is 0. The maximum Gasteiger partial charge on any atom is 0.224 e. The molecule has 6 heteroatoms. The van der Waals surface area contributed by atoms with Gasteiger partial charge in [0.25, 0.3) is 0 Å². The topological polar surface area (TPSA) is 64.3 Å². The number of imidazole rings is 1. The molecular formula is C24H37N5O. The number of aromatic nitrogens is 2. The van der Waals surface area contributed by atoms with E-state index in [-0.39, 0.29) is 11.8 Å². The van der Waals surface area contributed by atoms with Gasteiger partial charge in [0.05, 0.1) is 17.0 Å². The van der Waals surface area contributed by atoms with Crippen molar-refractivity contribution < 1.29 is 4.79 Å². The summed E-state index contributed by atoms with van der Waals surface area (Å²) in [6, 6.07) is 7.02. The monoisotopic (exact) mass is 411 g/mol. The molecule has 4 rings (SSSR count). The maximum absolute atomic E-state index is 12.8. The highest BCUT2D eigenvalue weighted by Crippen LogP contribution is 2.24. The quantitative estimate of drug-likeness (QED) is 0.679. The summed E-state index contributed by atoms with van der Waals surface area (Å²) in [4.78, 5) is 25.7. The van der Waals surface area contributed by atoms with Gasteiger partial charge in [-0.15, -0.1) is 0 Å². The molecule has 2 fully saturated rings. The van der Waals surface area contributed by atoms with Crippen molar-refractivity contribution in [2.75, 3.05) is 38.1 Å². The van der Waals surface area contributed by atoms with Gasteiger partial charge in [-0.1, -0.05) is 25.3 Å². The van der Waals surface area contributed by atoms with E-state index in [0.29, 0.717) is 0 Å². The van der Waals surface area contributed by atoms with E-state index in [1.165, 1.54) is 37.7 Å². The summed E-state index contributed by atoms with van der Waals surface area (Å²) in [6.45, 7) is 5.63. The zero-order valence-electron chi connectivity index (χ0n) is 18.6. The summed E-state index contributed by atoms with van der Waals surface area (Å²) in [7, 11) is 2.24. The first-order valence-corrected chi connectivity index (χ1v) is 11.8. The number of H-pyrrole nitrogens is 1. The number of hydrogen-bond donors (Lipinski definition) is 2. The molecular weight excluding hydrogens is 374 g/mol. The first-order valence-electron chi connectivity index (χ1n) is 11.8. The number of carbonyl (C=O) groups is 1. The molecule has 2 heterocycles. The van der Waals surface area contributed by atoms with Crippen LogP contribution in [0, 0.1) is 12.8 Å². The molecule has 1 unspecified atom stereocenters. The van der Waals surface area contributed by atoms with E-state index in [2.05, 4.69) is 52.3 Å². The normalized spacial score (nSPS) is 20.8. The highest BCUT2D eigenvalue weighted by Gasteiger charge is 2.27. The van der Waals surface area contributed by atoms with Crippen molar-refractivity contribution in [2.45, 2.75) is 64.3 Å². The van der Waals surface area contributed by atoms with Crippen LogP contribution in [0.1, 0.15) is 56.9 Å². The van der Waals surface area contributed by atoms with Crippen molar-refractivity contribution in [2.24, 2.45) is 5.92 Å². The van der Waals surface area contributed by atoms with Gasteiger partial charge >= 0.3 is 0 Å².